The van der Waals surface area contributed by atoms with Crippen molar-refractivity contribution in [3.63, 3.8) is 0 Å². The third-order valence-electron chi connectivity index (χ3n) is 3.33. The summed E-state index contributed by atoms with van der Waals surface area (Å²) in [5.74, 6) is 0.0731. The summed E-state index contributed by atoms with van der Waals surface area (Å²) in [4.78, 5) is 0. The smallest absolute Gasteiger partial charge is 0.163 e. The second-order valence-corrected chi connectivity index (χ2v) is 5.76. The molecule has 1 aliphatic rings. The van der Waals surface area contributed by atoms with E-state index in [1.165, 1.54) is 0 Å². The molecule has 1 fully saturated rings. The SMILES string of the molecule is C[C@@H](CNc1ccccc1N)C[C@H]1COC(C)(C)O1. The largest absolute Gasteiger partial charge is 0.397 e. The van der Waals surface area contributed by atoms with Crippen molar-refractivity contribution in [2.75, 3.05) is 24.2 Å². The Kier molecular flexibility index (Phi) is 4.32. The molecule has 1 aromatic carbocycles. The van der Waals surface area contributed by atoms with Gasteiger partial charge in [0, 0.05) is 6.54 Å². The molecule has 19 heavy (non-hydrogen) atoms. The van der Waals surface area contributed by atoms with Crippen molar-refractivity contribution in [1.29, 1.82) is 0 Å². The molecule has 0 radical (unpaired) electrons. The Bertz CT molecular complexity index is 420. The van der Waals surface area contributed by atoms with Gasteiger partial charge in [0.05, 0.1) is 24.1 Å². The fraction of sp³-hybridized carbons (Fsp3) is 0.600. The fourth-order valence-electron chi connectivity index (χ4n) is 2.35. The van der Waals surface area contributed by atoms with Crippen LogP contribution in [0.2, 0.25) is 0 Å². The molecule has 0 unspecified atom stereocenters. The highest BCUT2D eigenvalue weighted by atomic mass is 16.7. The number of nitrogen functional groups attached to an aromatic ring is 1. The van der Waals surface area contributed by atoms with E-state index in [0.29, 0.717) is 12.5 Å². The average molecular weight is 264 g/mol. The first-order valence-corrected chi connectivity index (χ1v) is 6.86. The van der Waals surface area contributed by atoms with Crippen LogP contribution in [0.25, 0.3) is 0 Å². The molecule has 0 aromatic heterocycles. The van der Waals surface area contributed by atoms with E-state index in [1.54, 1.807) is 0 Å². The number of para-hydroxylation sites is 2. The molecule has 1 heterocycles. The molecular weight excluding hydrogens is 240 g/mol. The maximum absolute atomic E-state index is 5.90. The van der Waals surface area contributed by atoms with E-state index in [9.17, 15) is 0 Å². The molecule has 0 amide bonds. The maximum atomic E-state index is 5.90. The fourth-order valence-corrected chi connectivity index (χ4v) is 2.35. The predicted molar refractivity (Wildman–Crippen MR) is 78.0 cm³/mol. The van der Waals surface area contributed by atoms with Crippen LogP contribution in [0, 0.1) is 5.92 Å². The van der Waals surface area contributed by atoms with E-state index < -0.39 is 5.79 Å². The molecule has 3 N–H and O–H groups in total. The Hall–Kier alpha value is -1.26. The molecular formula is C15H24N2O2. The van der Waals surface area contributed by atoms with Gasteiger partial charge >= 0.3 is 0 Å². The van der Waals surface area contributed by atoms with E-state index in [2.05, 4.69) is 12.2 Å². The van der Waals surface area contributed by atoms with Gasteiger partial charge in [-0.25, -0.2) is 0 Å². The number of benzene rings is 1. The van der Waals surface area contributed by atoms with Gasteiger partial charge in [0.25, 0.3) is 0 Å². The van der Waals surface area contributed by atoms with Crippen molar-refractivity contribution in [1.82, 2.24) is 0 Å². The first-order valence-electron chi connectivity index (χ1n) is 6.86. The van der Waals surface area contributed by atoms with E-state index in [1.807, 2.05) is 38.1 Å². The summed E-state index contributed by atoms with van der Waals surface area (Å²) < 4.78 is 11.4. The van der Waals surface area contributed by atoms with Crippen molar-refractivity contribution in [3.05, 3.63) is 24.3 Å². The summed E-state index contributed by atoms with van der Waals surface area (Å²) >= 11 is 0. The summed E-state index contributed by atoms with van der Waals surface area (Å²) in [6, 6.07) is 7.83. The minimum absolute atomic E-state index is 0.194. The van der Waals surface area contributed by atoms with Crippen molar-refractivity contribution in [2.24, 2.45) is 5.92 Å². The van der Waals surface area contributed by atoms with Crippen molar-refractivity contribution < 1.29 is 9.47 Å². The van der Waals surface area contributed by atoms with Gasteiger partial charge in [-0.3, -0.25) is 0 Å². The lowest BCUT2D eigenvalue weighted by Crippen LogP contribution is -2.24. The van der Waals surface area contributed by atoms with E-state index in [0.717, 1.165) is 24.3 Å². The van der Waals surface area contributed by atoms with Gasteiger partial charge in [0.15, 0.2) is 5.79 Å². The Labute approximate surface area is 115 Å². The molecule has 0 aliphatic carbocycles. The lowest BCUT2D eigenvalue weighted by molar-refractivity contribution is -0.139. The first kappa shape index (κ1) is 14.2. The molecule has 106 valence electrons. The Balaban J connectivity index is 1.76. The van der Waals surface area contributed by atoms with Crippen LogP contribution >= 0.6 is 0 Å². The minimum atomic E-state index is -0.429. The van der Waals surface area contributed by atoms with Crippen LogP contribution in [0.15, 0.2) is 24.3 Å². The molecule has 4 heteroatoms. The number of nitrogens with one attached hydrogen (secondary N) is 1. The number of hydrogen-bond donors (Lipinski definition) is 2. The second kappa shape index (κ2) is 5.80. The van der Waals surface area contributed by atoms with E-state index in [-0.39, 0.29) is 6.10 Å². The molecule has 0 bridgehead atoms. The van der Waals surface area contributed by atoms with Crippen LogP contribution in [-0.4, -0.2) is 25.0 Å². The molecule has 1 aromatic rings. The molecule has 1 saturated heterocycles. The highest BCUT2D eigenvalue weighted by molar-refractivity contribution is 5.65. The molecule has 2 rings (SSSR count). The standard InChI is InChI=1S/C15H24N2O2/c1-11(8-12-10-18-15(2,3)19-12)9-17-14-7-5-4-6-13(14)16/h4-7,11-12,17H,8-10,16H2,1-3H3/t11-,12+/m1/s1. The zero-order valence-corrected chi connectivity index (χ0v) is 12.0. The van der Waals surface area contributed by atoms with Crippen LogP contribution in [0.5, 0.6) is 0 Å². The second-order valence-electron chi connectivity index (χ2n) is 5.76. The normalized spacial score (nSPS) is 23.2. The zero-order chi connectivity index (χ0) is 13.9. The van der Waals surface area contributed by atoms with Gasteiger partial charge in [-0.2, -0.15) is 0 Å². The molecule has 1 aliphatic heterocycles. The first-order chi connectivity index (χ1) is 8.96. The molecule has 0 spiro atoms. The molecule has 4 nitrogen and oxygen atoms in total. The van der Waals surface area contributed by atoms with Crippen molar-refractivity contribution in [3.8, 4) is 0 Å². The summed E-state index contributed by atoms with van der Waals surface area (Å²) in [5, 5.41) is 3.39. The number of ether oxygens (including phenoxy) is 2. The maximum Gasteiger partial charge on any atom is 0.163 e. The van der Waals surface area contributed by atoms with Crippen molar-refractivity contribution in [2.45, 2.75) is 39.1 Å². The van der Waals surface area contributed by atoms with Crippen LogP contribution in [0.1, 0.15) is 27.2 Å². The quantitative estimate of drug-likeness (QED) is 0.803. The van der Waals surface area contributed by atoms with E-state index >= 15 is 0 Å². The Morgan fingerprint density at radius 2 is 2.16 bits per heavy atom. The zero-order valence-electron chi connectivity index (χ0n) is 12.0. The van der Waals surface area contributed by atoms with E-state index in [4.69, 9.17) is 15.2 Å². The van der Waals surface area contributed by atoms with Crippen LogP contribution in [-0.2, 0) is 9.47 Å². The van der Waals surface area contributed by atoms with Gasteiger partial charge in [0.2, 0.25) is 0 Å². The van der Waals surface area contributed by atoms with Gasteiger partial charge in [-0.05, 0) is 38.3 Å². The van der Waals surface area contributed by atoms with Gasteiger partial charge < -0.3 is 20.5 Å². The Morgan fingerprint density at radius 3 is 2.79 bits per heavy atom. The highest BCUT2D eigenvalue weighted by Gasteiger charge is 2.33. The summed E-state index contributed by atoms with van der Waals surface area (Å²) in [6.07, 6.45) is 1.18. The van der Waals surface area contributed by atoms with Gasteiger partial charge in [-0.1, -0.05) is 19.1 Å². The Morgan fingerprint density at radius 1 is 1.42 bits per heavy atom. The van der Waals surface area contributed by atoms with Gasteiger partial charge in [-0.15, -0.1) is 0 Å². The van der Waals surface area contributed by atoms with Crippen molar-refractivity contribution >= 4 is 11.4 Å². The third-order valence-corrected chi connectivity index (χ3v) is 3.33. The minimum Gasteiger partial charge on any atom is -0.397 e. The highest BCUT2D eigenvalue weighted by Crippen LogP contribution is 2.26. The van der Waals surface area contributed by atoms with Crippen LogP contribution in [0.4, 0.5) is 11.4 Å². The van der Waals surface area contributed by atoms with Crippen LogP contribution in [0.3, 0.4) is 0 Å². The summed E-state index contributed by atoms with van der Waals surface area (Å²) in [7, 11) is 0. The topological polar surface area (TPSA) is 56.5 Å². The number of anilines is 2. The predicted octanol–water partition coefficient (Wildman–Crippen LogP) is 2.86. The lowest BCUT2D eigenvalue weighted by atomic mass is 10.0. The van der Waals surface area contributed by atoms with Crippen LogP contribution < -0.4 is 11.1 Å². The molecule has 2 atom stereocenters. The lowest BCUT2D eigenvalue weighted by Gasteiger charge is -2.20. The number of hydrogen-bond acceptors (Lipinski definition) is 4. The monoisotopic (exact) mass is 264 g/mol. The van der Waals surface area contributed by atoms with Gasteiger partial charge in [0.1, 0.15) is 0 Å². The summed E-state index contributed by atoms with van der Waals surface area (Å²) in [5.41, 5.74) is 7.69. The number of nitrogens with two attached hydrogens (primary N) is 1. The third kappa shape index (κ3) is 4.11. The number of rotatable bonds is 5. The summed E-state index contributed by atoms with van der Waals surface area (Å²) in [6.45, 7) is 7.70. The molecule has 0 saturated carbocycles. The average Bonchev–Trinajstić information content (AvgIpc) is 2.67.